The van der Waals surface area contributed by atoms with Gasteiger partial charge in [0.2, 0.25) is 0 Å². The van der Waals surface area contributed by atoms with Gasteiger partial charge >= 0.3 is 0 Å². The van der Waals surface area contributed by atoms with Crippen LogP contribution >= 0.6 is 0 Å². The minimum absolute atomic E-state index is 0.133. The van der Waals surface area contributed by atoms with Gasteiger partial charge in [-0.15, -0.1) is 0 Å². The van der Waals surface area contributed by atoms with Crippen molar-refractivity contribution in [3.05, 3.63) is 0 Å². The molecule has 0 heterocycles. The number of hydrogen-bond acceptors (Lipinski definition) is 2. The van der Waals surface area contributed by atoms with Gasteiger partial charge in [0.05, 0.1) is 6.10 Å². The van der Waals surface area contributed by atoms with Crippen molar-refractivity contribution in [2.75, 3.05) is 7.11 Å². The first kappa shape index (κ1) is 12.9. The van der Waals surface area contributed by atoms with Gasteiger partial charge in [-0.05, 0) is 32.1 Å². The lowest BCUT2D eigenvalue weighted by Crippen LogP contribution is -2.38. The second-order valence-electron chi connectivity index (χ2n) is 5.82. The van der Waals surface area contributed by atoms with E-state index in [0.29, 0.717) is 5.41 Å². The summed E-state index contributed by atoms with van der Waals surface area (Å²) in [4.78, 5) is 0. The van der Waals surface area contributed by atoms with Crippen LogP contribution in [0.25, 0.3) is 0 Å². The number of ether oxygens (including phenoxy) is 1. The van der Waals surface area contributed by atoms with Gasteiger partial charge in [-0.25, -0.2) is 0 Å². The summed E-state index contributed by atoms with van der Waals surface area (Å²) < 4.78 is 5.42. The molecule has 0 saturated heterocycles. The normalized spacial score (nSPS) is 15.9. The third-order valence-electron chi connectivity index (χ3n) is 1.93. The first-order valence-electron chi connectivity index (χ1n) is 4.96. The molecule has 0 aliphatic rings. The van der Waals surface area contributed by atoms with E-state index in [4.69, 9.17) is 10.5 Å². The highest BCUT2D eigenvalue weighted by Gasteiger charge is 2.23. The average Bonchev–Trinajstić information content (AvgIpc) is 1.79. The van der Waals surface area contributed by atoms with Gasteiger partial charge in [0.15, 0.2) is 0 Å². The van der Waals surface area contributed by atoms with Crippen molar-refractivity contribution < 1.29 is 4.74 Å². The second-order valence-corrected chi connectivity index (χ2v) is 5.82. The molecule has 2 heteroatoms. The molecule has 0 aromatic rings. The van der Waals surface area contributed by atoms with Crippen LogP contribution in [0, 0.1) is 5.41 Å². The molecule has 0 saturated carbocycles. The summed E-state index contributed by atoms with van der Waals surface area (Å²) in [7, 11) is 1.77. The zero-order valence-electron chi connectivity index (χ0n) is 9.98. The van der Waals surface area contributed by atoms with E-state index in [1.807, 2.05) is 13.8 Å². The summed E-state index contributed by atoms with van der Waals surface area (Å²) in [6.07, 6.45) is 2.25. The monoisotopic (exact) mass is 187 g/mol. The van der Waals surface area contributed by atoms with Crippen LogP contribution in [-0.4, -0.2) is 18.8 Å². The lowest BCUT2D eigenvalue weighted by atomic mass is 9.85. The van der Waals surface area contributed by atoms with E-state index in [-0.39, 0.29) is 11.6 Å². The van der Waals surface area contributed by atoms with Crippen molar-refractivity contribution >= 4 is 0 Å². The fourth-order valence-electron chi connectivity index (χ4n) is 1.51. The van der Waals surface area contributed by atoms with Crippen molar-refractivity contribution in [3.8, 4) is 0 Å². The van der Waals surface area contributed by atoms with Gasteiger partial charge in [0, 0.05) is 12.6 Å². The molecule has 1 unspecified atom stereocenters. The van der Waals surface area contributed by atoms with Crippen molar-refractivity contribution in [1.29, 1.82) is 0 Å². The van der Waals surface area contributed by atoms with E-state index >= 15 is 0 Å². The maximum absolute atomic E-state index is 5.95. The fraction of sp³-hybridized carbons (Fsp3) is 1.00. The summed E-state index contributed by atoms with van der Waals surface area (Å²) in [6.45, 7) is 10.8. The van der Waals surface area contributed by atoms with Crippen molar-refractivity contribution in [2.45, 2.75) is 59.1 Å². The topological polar surface area (TPSA) is 35.2 Å². The molecule has 0 spiro atoms. The molecule has 0 amide bonds. The molecule has 1 atom stereocenters. The zero-order valence-corrected chi connectivity index (χ0v) is 9.98. The van der Waals surface area contributed by atoms with Gasteiger partial charge in [0.1, 0.15) is 0 Å². The Balaban J connectivity index is 4.05. The Kier molecular flexibility index (Phi) is 4.40. The molecule has 0 aromatic heterocycles. The third kappa shape index (κ3) is 8.26. The largest absolute Gasteiger partial charge is 0.381 e. The lowest BCUT2D eigenvalue weighted by Gasteiger charge is -2.29. The summed E-state index contributed by atoms with van der Waals surface area (Å²) >= 11 is 0. The lowest BCUT2D eigenvalue weighted by molar-refractivity contribution is 0.0464. The first-order valence-corrected chi connectivity index (χ1v) is 4.96. The quantitative estimate of drug-likeness (QED) is 0.734. The molecule has 0 radical (unpaired) electrons. The molecule has 0 rings (SSSR count). The third-order valence-corrected chi connectivity index (χ3v) is 1.93. The highest BCUT2D eigenvalue weighted by Crippen LogP contribution is 2.25. The van der Waals surface area contributed by atoms with Gasteiger partial charge < -0.3 is 10.5 Å². The Morgan fingerprint density at radius 1 is 1.08 bits per heavy atom. The summed E-state index contributed by atoms with van der Waals surface area (Å²) in [5.74, 6) is 0. The predicted octanol–water partition coefficient (Wildman–Crippen LogP) is 2.57. The first-order chi connectivity index (χ1) is 5.64. The van der Waals surface area contributed by atoms with Crippen molar-refractivity contribution in [1.82, 2.24) is 0 Å². The van der Waals surface area contributed by atoms with E-state index in [1.165, 1.54) is 0 Å². The smallest absolute Gasteiger partial charge is 0.0593 e. The molecule has 0 aliphatic carbocycles. The van der Waals surface area contributed by atoms with Crippen LogP contribution in [0.4, 0.5) is 0 Å². The minimum Gasteiger partial charge on any atom is -0.381 e. The van der Waals surface area contributed by atoms with Crippen LogP contribution in [0.15, 0.2) is 0 Å². The molecule has 80 valence electrons. The van der Waals surface area contributed by atoms with Crippen molar-refractivity contribution in [3.63, 3.8) is 0 Å². The number of rotatable bonds is 4. The second kappa shape index (κ2) is 4.43. The van der Waals surface area contributed by atoms with Gasteiger partial charge in [-0.1, -0.05) is 20.8 Å². The Bertz CT molecular complexity index is 125. The fourth-order valence-corrected chi connectivity index (χ4v) is 1.51. The van der Waals surface area contributed by atoms with Crippen LogP contribution in [0.1, 0.15) is 47.5 Å². The highest BCUT2D eigenvalue weighted by atomic mass is 16.5. The van der Waals surface area contributed by atoms with E-state index in [9.17, 15) is 0 Å². The minimum atomic E-state index is -0.133. The highest BCUT2D eigenvalue weighted by molar-refractivity contribution is 4.79. The molecule has 0 bridgehead atoms. The summed E-state index contributed by atoms with van der Waals surface area (Å²) in [6, 6.07) is 0. The van der Waals surface area contributed by atoms with Gasteiger partial charge in [-0.3, -0.25) is 0 Å². The summed E-state index contributed by atoms with van der Waals surface area (Å²) in [5.41, 5.74) is 6.13. The van der Waals surface area contributed by atoms with Crippen LogP contribution < -0.4 is 5.73 Å². The van der Waals surface area contributed by atoms with Crippen LogP contribution in [0.3, 0.4) is 0 Å². The van der Waals surface area contributed by atoms with Gasteiger partial charge in [0.25, 0.3) is 0 Å². The molecule has 2 N–H and O–H groups in total. The molecule has 2 nitrogen and oxygen atoms in total. The molecular formula is C11H25NO. The Labute approximate surface area is 82.8 Å². The van der Waals surface area contributed by atoms with Gasteiger partial charge in [-0.2, -0.15) is 0 Å². The maximum Gasteiger partial charge on any atom is 0.0593 e. The molecule has 0 fully saturated rings. The van der Waals surface area contributed by atoms with E-state index in [2.05, 4.69) is 20.8 Å². The predicted molar refractivity (Wildman–Crippen MR) is 57.8 cm³/mol. The molecular weight excluding hydrogens is 162 g/mol. The van der Waals surface area contributed by atoms with Crippen LogP contribution in [-0.2, 0) is 4.74 Å². The standard InChI is InChI=1S/C11H25NO/c1-10(2,3)7-9(13-6)8-11(4,5)12/h9H,7-8,12H2,1-6H3. The molecule has 0 aliphatic heterocycles. The molecule has 13 heavy (non-hydrogen) atoms. The Hall–Kier alpha value is -0.0800. The maximum atomic E-state index is 5.95. The number of methoxy groups -OCH3 is 1. The Morgan fingerprint density at radius 3 is 1.77 bits per heavy atom. The van der Waals surface area contributed by atoms with E-state index < -0.39 is 0 Å². The zero-order chi connectivity index (χ0) is 10.7. The average molecular weight is 187 g/mol. The SMILES string of the molecule is COC(CC(C)(C)C)CC(C)(C)N. The van der Waals surface area contributed by atoms with Crippen LogP contribution in [0.2, 0.25) is 0 Å². The number of hydrogen-bond donors (Lipinski definition) is 1. The molecule has 0 aromatic carbocycles. The van der Waals surface area contributed by atoms with E-state index in [1.54, 1.807) is 7.11 Å². The van der Waals surface area contributed by atoms with E-state index in [0.717, 1.165) is 12.8 Å². The van der Waals surface area contributed by atoms with Crippen LogP contribution in [0.5, 0.6) is 0 Å². The number of nitrogens with two attached hydrogens (primary N) is 1. The summed E-state index contributed by atoms with van der Waals surface area (Å²) in [5, 5.41) is 0. The Morgan fingerprint density at radius 2 is 1.54 bits per heavy atom. The van der Waals surface area contributed by atoms with Crippen molar-refractivity contribution in [2.24, 2.45) is 11.1 Å².